The lowest BCUT2D eigenvalue weighted by Gasteiger charge is -2.08. The molecule has 13 heavy (non-hydrogen) atoms. The minimum absolute atomic E-state index is 0. The molecule has 0 bridgehead atoms. The lowest BCUT2D eigenvalue weighted by Crippen LogP contribution is -3.00. The van der Waals surface area contributed by atoms with Crippen LogP contribution in [0, 0.1) is 0 Å². The highest BCUT2D eigenvalue weighted by molar-refractivity contribution is 6.31. The summed E-state index contributed by atoms with van der Waals surface area (Å²) in [6, 6.07) is 8.40. The van der Waals surface area contributed by atoms with Gasteiger partial charge in [0.25, 0.3) is 0 Å². The van der Waals surface area contributed by atoms with E-state index in [1.807, 2.05) is 24.3 Å². The predicted octanol–water partition coefficient (Wildman–Crippen LogP) is -0.158. The summed E-state index contributed by atoms with van der Waals surface area (Å²) < 4.78 is 0. The summed E-state index contributed by atoms with van der Waals surface area (Å²) in [5.74, 6) is 0. The van der Waals surface area contributed by atoms with Crippen LogP contribution in [0.4, 0.5) is 0 Å². The molecule has 0 amide bonds. The third-order valence-corrected chi connectivity index (χ3v) is 2.03. The number of benzene rings is 1. The van der Waals surface area contributed by atoms with Gasteiger partial charge in [0.1, 0.15) is 0 Å². The van der Waals surface area contributed by atoms with Crippen molar-refractivity contribution in [3.63, 3.8) is 0 Å². The molecule has 0 saturated heterocycles. The standard InChI is InChI=1S/C10H14ClN.ClH/c1-8(2)12-7-9-5-3-4-6-10(9)11;/h3-6,8,12H,7H2,1-2H3;1H/p-1. The second kappa shape index (κ2) is 6.25. The monoisotopic (exact) mass is 218 g/mol. The number of nitrogens with one attached hydrogen (secondary N) is 1. The summed E-state index contributed by atoms with van der Waals surface area (Å²) in [5.41, 5.74) is 1.16. The molecule has 0 saturated carbocycles. The Hall–Kier alpha value is -0.240. The molecule has 1 rings (SSSR count). The van der Waals surface area contributed by atoms with Crippen LogP contribution in [-0.4, -0.2) is 6.04 Å². The third-order valence-electron chi connectivity index (χ3n) is 1.66. The SMILES string of the molecule is CC(C)NCc1ccccc1Cl.[Cl-]. The van der Waals surface area contributed by atoms with E-state index in [-0.39, 0.29) is 12.4 Å². The zero-order chi connectivity index (χ0) is 8.97. The van der Waals surface area contributed by atoms with E-state index in [0.29, 0.717) is 6.04 Å². The number of rotatable bonds is 3. The molecule has 1 aromatic carbocycles. The van der Waals surface area contributed by atoms with Crippen LogP contribution in [0.2, 0.25) is 5.02 Å². The maximum absolute atomic E-state index is 5.97. The molecule has 1 N–H and O–H groups in total. The van der Waals surface area contributed by atoms with Crippen molar-refractivity contribution in [2.24, 2.45) is 0 Å². The maximum Gasteiger partial charge on any atom is 0.0450 e. The van der Waals surface area contributed by atoms with Gasteiger partial charge in [-0.3, -0.25) is 0 Å². The van der Waals surface area contributed by atoms with E-state index < -0.39 is 0 Å². The molecule has 0 aliphatic carbocycles. The van der Waals surface area contributed by atoms with E-state index >= 15 is 0 Å². The van der Waals surface area contributed by atoms with E-state index in [9.17, 15) is 0 Å². The van der Waals surface area contributed by atoms with Gasteiger partial charge in [-0.2, -0.15) is 0 Å². The molecule has 74 valence electrons. The Bertz CT molecular complexity index is 248. The molecule has 0 heterocycles. The molecule has 0 spiro atoms. The number of hydrogen-bond donors (Lipinski definition) is 1. The summed E-state index contributed by atoms with van der Waals surface area (Å²) in [5, 5.41) is 4.16. The third kappa shape index (κ3) is 4.51. The molecular weight excluding hydrogens is 205 g/mol. The van der Waals surface area contributed by atoms with Gasteiger partial charge >= 0.3 is 0 Å². The summed E-state index contributed by atoms with van der Waals surface area (Å²) in [6.45, 7) is 5.09. The van der Waals surface area contributed by atoms with Crippen molar-refractivity contribution in [2.75, 3.05) is 0 Å². The molecule has 0 fully saturated rings. The van der Waals surface area contributed by atoms with Gasteiger partial charge < -0.3 is 17.7 Å². The van der Waals surface area contributed by atoms with E-state index in [1.54, 1.807) is 0 Å². The minimum Gasteiger partial charge on any atom is -1.00 e. The maximum atomic E-state index is 5.97. The summed E-state index contributed by atoms with van der Waals surface area (Å²) in [4.78, 5) is 0. The van der Waals surface area contributed by atoms with Crippen LogP contribution in [0.3, 0.4) is 0 Å². The zero-order valence-corrected chi connectivity index (χ0v) is 9.36. The van der Waals surface area contributed by atoms with Crippen molar-refractivity contribution >= 4 is 11.6 Å². The lowest BCUT2D eigenvalue weighted by molar-refractivity contribution is -0.00000265. The van der Waals surface area contributed by atoms with Gasteiger partial charge in [0.15, 0.2) is 0 Å². The van der Waals surface area contributed by atoms with Gasteiger partial charge in [-0.25, -0.2) is 0 Å². The molecule has 0 aliphatic rings. The first kappa shape index (κ1) is 12.8. The van der Waals surface area contributed by atoms with Gasteiger partial charge in [-0.05, 0) is 11.6 Å². The van der Waals surface area contributed by atoms with E-state index in [2.05, 4.69) is 19.2 Å². The molecular formula is C10H14Cl2N-. The normalized spacial score (nSPS) is 9.85. The molecule has 1 aromatic rings. The lowest BCUT2D eigenvalue weighted by atomic mass is 10.2. The van der Waals surface area contributed by atoms with Crippen LogP contribution >= 0.6 is 11.6 Å². The first-order valence-electron chi connectivity index (χ1n) is 4.17. The smallest absolute Gasteiger partial charge is 0.0450 e. The number of hydrogen-bond acceptors (Lipinski definition) is 1. The van der Waals surface area contributed by atoms with Crippen molar-refractivity contribution in [3.05, 3.63) is 34.9 Å². The highest BCUT2D eigenvalue weighted by Gasteiger charge is 1.98. The van der Waals surface area contributed by atoms with Gasteiger partial charge in [-0.1, -0.05) is 43.6 Å². The molecule has 0 aromatic heterocycles. The number of halogens is 2. The van der Waals surface area contributed by atoms with E-state index in [0.717, 1.165) is 17.1 Å². The summed E-state index contributed by atoms with van der Waals surface area (Å²) in [6.07, 6.45) is 0. The van der Waals surface area contributed by atoms with Crippen molar-refractivity contribution in [2.45, 2.75) is 26.4 Å². The fraction of sp³-hybridized carbons (Fsp3) is 0.400. The van der Waals surface area contributed by atoms with Crippen LogP contribution in [0.15, 0.2) is 24.3 Å². The average molecular weight is 219 g/mol. The summed E-state index contributed by atoms with van der Waals surface area (Å²) >= 11 is 5.97. The Balaban J connectivity index is 0.00000144. The molecule has 1 nitrogen and oxygen atoms in total. The zero-order valence-electron chi connectivity index (χ0n) is 7.85. The quantitative estimate of drug-likeness (QED) is 0.745. The van der Waals surface area contributed by atoms with E-state index in [4.69, 9.17) is 11.6 Å². The fourth-order valence-corrected chi connectivity index (χ4v) is 1.16. The Morgan fingerprint density at radius 3 is 2.46 bits per heavy atom. The van der Waals surface area contributed by atoms with E-state index in [1.165, 1.54) is 0 Å². The molecule has 0 unspecified atom stereocenters. The molecule has 0 aliphatic heterocycles. The molecule has 3 heteroatoms. The first-order chi connectivity index (χ1) is 5.70. The highest BCUT2D eigenvalue weighted by Crippen LogP contribution is 2.14. The van der Waals surface area contributed by atoms with Gasteiger partial charge in [0.2, 0.25) is 0 Å². The fourth-order valence-electron chi connectivity index (χ4n) is 0.956. The van der Waals surface area contributed by atoms with Crippen LogP contribution in [-0.2, 0) is 6.54 Å². The van der Waals surface area contributed by atoms with Crippen LogP contribution in [0.1, 0.15) is 19.4 Å². The second-order valence-electron chi connectivity index (χ2n) is 3.13. The van der Waals surface area contributed by atoms with Crippen molar-refractivity contribution in [1.29, 1.82) is 0 Å². The van der Waals surface area contributed by atoms with Gasteiger partial charge in [0, 0.05) is 17.6 Å². The Morgan fingerprint density at radius 2 is 1.92 bits per heavy atom. The topological polar surface area (TPSA) is 12.0 Å². The van der Waals surface area contributed by atoms with Crippen molar-refractivity contribution in [1.82, 2.24) is 5.32 Å². The van der Waals surface area contributed by atoms with Gasteiger partial charge in [0.05, 0.1) is 0 Å². The Labute approximate surface area is 90.9 Å². The minimum atomic E-state index is 0. The second-order valence-corrected chi connectivity index (χ2v) is 3.53. The van der Waals surface area contributed by atoms with Crippen LogP contribution in [0.5, 0.6) is 0 Å². The largest absolute Gasteiger partial charge is 1.00 e. The van der Waals surface area contributed by atoms with Crippen molar-refractivity contribution < 1.29 is 12.4 Å². The first-order valence-corrected chi connectivity index (χ1v) is 4.54. The highest BCUT2D eigenvalue weighted by atomic mass is 35.5. The Kier molecular flexibility index (Phi) is 6.13. The van der Waals surface area contributed by atoms with Crippen molar-refractivity contribution in [3.8, 4) is 0 Å². The van der Waals surface area contributed by atoms with Gasteiger partial charge in [-0.15, -0.1) is 0 Å². The average Bonchev–Trinajstić information content (AvgIpc) is 2.03. The molecule has 0 radical (unpaired) electrons. The molecule has 0 atom stereocenters. The van der Waals surface area contributed by atoms with Crippen LogP contribution < -0.4 is 17.7 Å². The summed E-state index contributed by atoms with van der Waals surface area (Å²) in [7, 11) is 0. The van der Waals surface area contributed by atoms with Crippen LogP contribution in [0.25, 0.3) is 0 Å². The Morgan fingerprint density at radius 1 is 1.31 bits per heavy atom. The predicted molar refractivity (Wildman–Crippen MR) is 53.4 cm³/mol.